The van der Waals surface area contributed by atoms with Gasteiger partial charge in [-0.25, -0.2) is 0 Å². The highest BCUT2D eigenvalue weighted by atomic mass is 32.2. The van der Waals surface area contributed by atoms with Crippen molar-refractivity contribution in [3.05, 3.63) is 71.8 Å². The Balaban J connectivity index is 1.45. The van der Waals surface area contributed by atoms with E-state index in [1.54, 1.807) is 0 Å². The number of ether oxygens (including phenoxy) is 1. The standard InChI is InChI=1S/C22H24N2O4S/c25-20(16-28-21(26)15-24-13-14-29-22(24)27)23-12-11-19(17-7-3-1-4-8-17)18-9-5-2-6-10-18/h1-10,19H,11-16H2,(H,23,25). The number of hydrogen-bond acceptors (Lipinski definition) is 5. The van der Waals surface area contributed by atoms with Crippen LogP contribution in [0.15, 0.2) is 60.7 Å². The van der Waals surface area contributed by atoms with E-state index in [0.29, 0.717) is 18.8 Å². The van der Waals surface area contributed by atoms with Gasteiger partial charge in [0.05, 0.1) is 0 Å². The molecule has 0 radical (unpaired) electrons. The van der Waals surface area contributed by atoms with E-state index in [-0.39, 0.29) is 30.2 Å². The predicted octanol–water partition coefficient (Wildman–Crippen LogP) is 3.04. The highest BCUT2D eigenvalue weighted by Gasteiger charge is 2.24. The minimum absolute atomic E-state index is 0.108. The van der Waals surface area contributed by atoms with Crippen molar-refractivity contribution in [3.8, 4) is 0 Å². The van der Waals surface area contributed by atoms with Crippen molar-refractivity contribution in [2.75, 3.05) is 32.0 Å². The summed E-state index contributed by atoms with van der Waals surface area (Å²) < 4.78 is 4.99. The molecule has 1 aliphatic heterocycles. The second kappa shape index (κ2) is 10.7. The van der Waals surface area contributed by atoms with Crippen LogP contribution >= 0.6 is 11.8 Å². The van der Waals surface area contributed by atoms with Crippen LogP contribution < -0.4 is 5.32 Å². The molecule has 7 heteroatoms. The van der Waals surface area contributed by atoms with Crippen LogP contribution in [0.25, 0.3) is 0 Å². The van der Waals surface area contributed by atoms with E-state index >= 15 is 0 Å². The molecule has 0 unspecified atom stereocenters. The van der Waals surface area contributed by atoms with Gasteiger partial charge in [0.1, 0.15) is 6.54 Å². The maximum Gasteiger partial charge on any atom is 0.326 e. The third kappa shape index (κ3) is 6.35. The minimum atomic E-state index is -0.567. The quantitative estimate of drug-likeness (QED) is 0.641. The molecule has 29 heavy (non-hydrogen) atoms. The average Bonchev–Trinajstić information content (AvgIpc) is 3.15. The summed E-state index contributed by atoms with van der Waals surface area (Å²) in [6.45, 7) is 0.551. The number of rotatable bonds is 9. The summed E-state index contributed by atoms with van der Waals surface area (Å²) in [4.78, 5) is 36.7. The summed E-state index contributed by atoms with van der Waals surface area (Å²) in [5.41, 5.74) is 2.38. The lowest BCUT2D eigenvalue weighted by atomic mass is 9.88. The van der Waals surface area contributed by atoms with E-state index in [1.807, 2.05) is 36.4 Å². The summed E-state index contributed by atoms with van der Waals surface area (Å²) in [5, 5.41) is 2.68. The first kappa shape index (κ1) is 20.9. The fourth-order valence-corrected chi connectivity index (χ4v) is 4.04. The number of benzene rings is 2. The third-order valence-corrected chi connectivity index (χ3v) is 5.58. The van der Waals surface area contributed by atoms with Crippen molar-refractivity contribution < 1.29 is 19.1 Å². The number of esters is 1. The number of thioether (sulfide) groups is 1. The van der Waals surface area contributed by atoms with Gasteiger partial charge in [0.15, 0.2) is 6.61 Å². The van der Waals surface area contributed by atoms with Gasteiger partial charge in [-0.05, 0) is 17.5 Å². The third-order valence-electron chi connectivity index (χ3n) is 4.69. The van der Waals surface area contributed by atoms with Crippen molar-refractivity contribution in [1.82, 2.24) is 10.2 Å². The Morgan fingerprint density at radius 1 is 1.03 bits per heavy atom. The molecule has 0 spiro atoms. The Kier molecular flexibility index (Phi) is 7.69. The normalized spacial score (nSPS) is 13.6. The molecular weight excluding hydrogens is 388 g/mol. The SMILES string of the molecule is O=C(COC(=O)CN1CCSC1=O)NCCC(c1ccccc1)c1ccccc1. The number of amides is 2. The average molecular weight is 413 g/mol. The van der Waals surface area contributed by atoms with Gasteiger partial charge >= 0.3 is 5.97 Å². The van der Waals surface area contributed by atoms with E-state index in [4.69, 9.17) is 4.74 Å². The van der Waals surface area contributed by atoms with E-state index in [1.165, 1.54) is 27.8 Å². The fourth-order valence-electron chi connectivity index (χ4n) is 3.22. The van der Waals surface area contributed by atoms with Crippen molar-refractivity contribution in [2.45, 2.75) is 12.3 Å². The number of carbonyl (C=O) groups is 3. The molecule has 0 bridgehead atoms. The molecular formula is C22H24N2O4S. The Bertz CT molecular complexity index is 790. The lowest BCUT2D eigenvalue weighted by Crippen LogP contribution is -2.34. The number of nitrogens with zero attached hydrogens (tertiary/aromatic N) is 1. The molecule has 0 aliphatic carbocycles. The van der Waals surface area contributed by atoms with Crippen LogP contribution in [0, 0.1) is 0 Å². The lowest BCUT2D eigenvalue weighted by Gasteiger charge is -2.18. The molecule has 2 aromatic carbocycles. The molecule has 1 fully saturated rings. The molecule has 0 aromatic heterocycles. The Morgan fingerprint density at radius 2 is 1.66 bits per heavy atom. The van der Waals surface area contributed by atoms with Gasteiger partial charge in [-0.2, -0.15) is 0 Å². The van der Waals surface area contributed by atoms with Crippen molar-refractivity contribution in [3.63, 3.8) is 0 Å². The first-order valence-corrected chi connectivity index (χ1v) is 10.6. The Labute approximate surface area is 174 Å². The van der Waals surface area contributed by atoms with Crippen LogP contribution in [-0.2, 0) is 14.3 Å². The van der Waals surface area contributed by atoms with Crippen LogP contribution in [0.4, 0.5) is 4.79 Å². The molecule has 1 saturated heterocycles. The summed E-state index contributed by atoms with van der Waals surface area (Å²) in [7, 11) is 0. The first-order chi connectivity index (χ1) is 14.1. The fraction of sp³-hybridized carbons (Fsp3) is 0.318. The highest BCUT2D eigenvalue weighted by molar-refractivity contribution is 8.13. The molecule has 6 nitrogen and oxygen atoms in total. The van der Waals surface area contributed by atoms with E-state index in [9.17, 15) is 14.4 Å². The van der Waals surface area contributed by atoms with Crippen LogP contribution in [0.2, 0.25) is 0 Å². The van der Waals surface area contributed by atoms with Crippen LogP contribution in [0.1, 0.15) is 23.5 Å². The minimum Gasteiger partial charge on any atom is -0.454 e. The largest absolute Gasteiger partial charge is 0.454 e. The van der Waals surface area contributed by atoms with Gasteiger partial charge in [-0.15, -0.1) is 0 Å². The molecule has 1 N–H and O–H groups in total. The van der Waals surface area contributed by atoms with E-state index in [0.717, 1.165) is 6.42 Å². The number of hydrogen-bond donors (Lipinski definition) is 1. The molecule has 0 saturated carbocycles. The summed E-state index contributed by atoms with van der Waals surface area (Å²) in [5.74, 6) is -0.0712. The first-order valence-electron chi connectivity index (χ1n) is 9.57. The molecule has 1 heterocycles. The van der Waals surface area contributed by atoms with Crippen LogP contribution in [0.3, 0.4) is 0 Å². The maximum absolute atomic E-state index is 12.0. The summed E-state index contributed by atoms with van der Waals surface area (Å²) in [6.07, 6.45) is 0.729. The topological polar surface area (TPSA) is 75.7 Å². The number of carbonyl (C=O) groups excluding carboxylic acids is 3. The zero-order chi connectivity index (χ0) is 20.5. The summed E-state index contributed by atoms with van der Waals surface area (Å²) >= 11 is 1.18. The van der Waals surface area contributed by atoms with Crippen molar-refractivity contribution in [1.29, 1.82) is 0 Å². The molecule has 2 aromatic rings. The second-order valence-corrected chi connectivity index (χ2v) is 7.76. The zero-order valence-corrected chi connectivity index (χ0v) is 16.9. The Hall–Kier alpha value is -2.80. The van der Waals surface area contributed by atoms with Gasteiger partial charge in [0.2, 0.25) is 0 Å². The Morgan fingerprint density at radius 3 is 2.21 bits per heavy atom. The van der Waals surface area contributed by atoms with Crippen LogP contribution in [0.5, 0.6) is 0 Å². The van der Waals surface area contributed by atoms with Gasteiger partial charge in [0.25, 0.3) is 11.1 Å². The van der Waals surface area contributed by atoms with E-state index < -0.39 is 5.97 Å². The molecule has 152 valence electrons. The van der Waals surface area contributed by atoms with Gasteiger partial charge < -0.3 is 15.0 Å². The molecule has 0 atom stereocenters. The van der Waals surface area contributed by atoms with E-state index in [2.05, 4.69) is 29.6 Å². The maximum atomic E-state index is 12.0. The van der Waals surface area contributed by atoms with Crippen molar-refractivity contribution >= 4 is 28.9 Å². The van der Waals surface area contributed by atoms with Gasteiger partial charge in [-0.3, -0.25) is 14.4 Å². The lowest BCUT2D eigenvalue weighted by molar-refractivity contribution is -0.148. The second-order valence-electron chi connectivity index (χ2n) is 6.71. The monoisotopic (exact) mass is 412 g/mol. The van der Waals surface area contributed by atoms with Gasteiger partial charge in [-0.1, -0.05) is 72.4 Å². The molecule has 3 rings (SSSR count). The predicted molar refractivity (Wildman–Crippen MR) is 113 cm³/mol. The zero-order valence-electron chi connectivity index (χ0n) is 16.1. The summed E-state index contributed by atoms with van der Waals surface area (Å²) in [6, 6.07) is 20.3. The number of nitrogens with one attached hydrogen (secondary N) is 1. The molecule has 1 aliphatic rings. The van der Waals surface area contributed by atoms with Crippen LogP contribution in [-0.4, -0.2) is 54.0 Å². The van der Waals surface area contributed by atoms with Gasteiger partial charge in [0, 0.05) is 24.8 Å². The van der Waals surface area contributed by atoms with Crippen molar-refractivity contribution in [2.24, 2.45) is 0 Å². The smallest absolute Gasteiger partial charge is 0.326 e. The highest BCUT2D eigenvalue weighted by Crippen LogP contribution is 2.27. The molecule has 2 amide bonds.